The minimum Gasteiger partial charge on any atom is -0.286 e. The molecule has 0 fully saturated rings. The van der Waals surface area contributed by atoms with Crippen LogP contribution in [-0.4, -0.2) is 16.8 Å². The lowest BCUT2D eigenvalue weighted by Crippen LogP contribution is -2.22. The van der Waals surface area contributed by atoms with Crippen molar-refractivity contribution in [3.63, 3.8) is 0 Å². The Bertz CT molecular complexity index is 144. The van der Waals surface area contributed by atoms with Gasteiger partial charge in [-0.1, -0.05) is 0 Å². The molecular weight excluding hydrogens is 121 g/mol. The SMILES string of the molecule is CC1=C(F)N(O)CCC1. The lowest BCUT2D eigenvalue weighted by Gasteiger charge is -2.20. The van der Waals surface area contributed by atoms with E-state index in [9.17, 15) is 4.39 Å². The Balaban J connectivity index is 2.72. The Kier molecular flexibility index (Phi) is 1.71. The van der Waals surface area contributed by atoms with Crippen LogP contribution >= 0.6 is 0 Å². The highest BCUT2D eigenvalue weighted by Crippen LogP contribution is 2.20. The first-order valence-corrected chi connectivity index (χ1v) is 3.03. The molecule has 1 N–H and O–H groups in total. The normalized spacial score (nSPS) is 21.0. The first-order valence-electron chi connectivity index (χ1n) is 3.03. The van der Waals surface area contributed by atoms with Gasteiger partial charge in [0.1, 0.15) is 0 Å². The van der Waals surface area contributed by atoms with E-state index in [-0.39, 0.29) is 0 Å². The van der Waals surface area contributed by atoms with Crippen molar-refractivity contribution in [2.45, 2.75) is 19.8 Å². The van der Waals surface area contributed by atoms with Gasteiger partial charge in [0.2, 0.25) is 5.95 Å². The number of hydroxylamine groups is 2. The fraction of sp³-hybridized carbons (Fsp3) is 0.667. The van der Waals surface area contributed by atoms with Crippen molar-refractivity contribution in [3.8, 4) is 0 Å². The van der Waals surface area contributed by atoms with Gasteiger partial charge in [-0.2, -0.15) is 4.39 Å². The Hall–Kier alpha value is -0.570. The van der Waals surface area contributed by atoms with Gasteiger partial charge >= 0.3 is 0 Å². The summed E-state index contributed by atoms with van der Waals surface area (Å²) in [7, 11) is 0. The standard InChI is InChI=1S/C6H10FNO/c1-5-3-2-4-8(9)6(5)7/h9H,2-4H2,1H3. The molecule has 52 valence electrons. The Morgan fingerprint density at radius 1 is 1.67 bits per heavy atom. The van der Waals surface area contributed by atoms with Gasteiger partial charge in [0.25, 0.3) is 0 Å². The molecule has 1 aliphatic heterocycles. The number of hydrogen-bond acceptors (Lipinski definition) is 2. The van der Waals surface area contributed by atoms with Crippen LogP contribution < -0.4 is 0 Å². The molecule has 0 saturated heterocycles. The first kappa shape index (κ1) is 6.55. The summed E-state index contributed by atoms with van der Waals surface area (Å²) in [5, 5.41) is 9.41. The van der Waals surface area contributed by atoms with Gasteiger partial charge < -0.3 is 0 Å². The molecule has 1 heterocycles. The van der Waals surface area contributed by atoms with E-state index in [1.54, 1.807) is 6.92 Å². The third-order valence-electron chi connectivity index (χ3n) is 1.50. The molecule has 0 aromatic carbocycles. The van der Waals surface area contributed by atoms with Crippen molar-refractivity contribution in [2.75, 3.05) is 6.54 Å². The fourth-order valence-electron chi connectivity index (χ4n) is 0.916. The predicted octanol–water partition coefficient (Wildman–Crippen LogP) is 1.67. The molecular formula is C6H10FNO. The number of nitrogens with zero attached hydrogens (tertiary/aromatic N) is 1. The molecule has 0 bridgehead atoms. The topological polar surface area (TPSA) is 23.5 Å². The van der Waals surface area contributed by atoms with Gasteiger partial charge in [-0.05, 0) is 25.3 Å². The second-order valence-corrected chi connectivity index (χ2v) is 2.30. The summed E-state index contributed by atoms with van der Waals surface area (Å²) >= 11 is 0. The van der Waals surface area contributed by atoms with Gasteiger partial charge in [0.15, 0.2) is 0 Å². The van der Waals surface area contributed by atoms with Crippen molar-refractivity contribution in [2.24, 2.45) is 0 Å². The molecule has 0 aliphatic carbocycles. The third-order valence-corrected chi connectivity index (χ3v) is 1.50. The lowest BCUT2D eigenvalue weighted by atomic mass is 10.1. The van der Waals surface area contributed by atoms with E-state index < -0.39 is 5.95 Å². The molecule has 0 aromatic rings. The van der Waals surface area contributed by atoms with Crippen LogP contribution in [0.2, 0.25) is 0 Å². The highest BCUT2D eigenvalue weighted by Gasteiger charge is 2.14. The summed E-state index contributed by atoms with van der Waals surface area (Å²) < 4.78 is 12.5. The average molecular weight is 131 g/mol. The molecule has 0 unspecified atom stereocenters. The maximum absolute atomic E-state index is 12.5. The van der Waals surface area contributed by atoms with E-state index in [4.69, 9.17) is 5.21 Å². The second-order valence-electron chi connectivity index (χ2n) is 2.30. The predicted molar refractivity (Wildman–Crippen MR) is 31.5 cm³/mol. The van der Waals surface area contributed by atoms with Crippen LogP contribution in [0, 0.1) is 0 Å². The van der Waals surface area contributed by atoms with Crippen LogP contribution in [0.25, 0.3) is 0 Å². The van der Waals surface area contributed by atoms with E-state index in [1.165, 1.54) is 0 Å². The molecule has 3 heteroatoms. The highest BCUT2D eigenvalue weighted by atomic mass is 19.1. The van der Waals surface area contributed by atoms with Crippen molar-refractivity contribution in [1.82, 2.24) is 5.06 Å². The van der Waals surface area contributed by atoms with Gasteiger partial charge in [-0.15, -0.1) is 0 Å². The summed E-state index contributed by atoms with van der Waals surface area (Å²) in [5.41, 5.74) is 0.642. The number of rotatable bonds is 0. The minimum atomic E-state index is -0.471. The van der Waals surface area contributed by atoms with Crippen molar-refractivity contribution >= 4 is 0 Å². The maximum atomic E-state index is 12.5. The quantitative estimate of drug-likeness (QED) is 0.505. The molecule has 0 atom stereocenters. The maximum Gasteiger partial charge on any atom is 0.211 e. The summed E-state index contributed by atoms with van der Waals surface area (Å²) in [6.45, 7) is 2.11. The van der Waals surface area contributed by atoms with E-state index in [0.29, 0.717) is 17.2 Å². The molecule has 0 amide bonds. The van der Waals surface area contributed by atoms with Crippen LogP contribution in [0.15, 0.2) is 11.5 Å². The summed E-state index contributed by atoms with van der Waals surface area (Å²) in [6.07, 6.45) is 1.61. The van der Waals surface area contributed by atoms with Crippen molar-refractivity contribution in [1.29, 1.82) is 0 Å². The molecule has 1 aliphatic rings. The molecule has 1 rings (SSSR count). The molecule has 0 saturated carbocycles. The van der Waals surface area contributed by atoms with E-state index in [0.717, 1.165) is 12.8 Å². The smallest absolute Gasteiger partial charge is 0.211 e. The van der Waals surface area contributed by atoms with Crippen LogP contribution in [0.5, 0.6) is 0 Å². The minimum absolute atomic E-state index is 0.420. The zero-order chi connectivity index (χ0) is 6.85. The average Bonchev–Trinajstić information content (AvgIpc) is 1.83. The number of allylic oxidation sites excluding steroid dienone is 1. The Morgan fingerprint density at radius 3 is 2.78 bits per heavy atom. The highest BCUT2D eigenvalue weighted by molar-refractivity contribution is 5.05. The largest absolute Gasteiger partial charge is 0.286 e. The number of halogens is 1. The van der Waals surface area contributed by atoms with Crippen LogP contribution in [0.4, 0.5) is 4.39 Å². The first-order chi connectivity index (χ1) is 4.22. The zero-order valence-electron chi connectivity index (χ0n) is 5.39. The fourth-order valence-corrected chi connectivity index (χ4v) is 0.916. The van der Waals surface area contributed by atoms with Gasteiger partial charge in [0, 0.05) is 6.54 Å². The van der Waals surface area contributed by atoms with E-state index in [1.807, 2.05) is 0 Å². The lowest BCUT2D eigenvalue weighted by molar-refractivity contribution is -0.0845. The third kappa shape index (κ3) is 1.21. The molecule has 0 spiro atoms. The monoisotopic (exact) mass is 131 g/mol. The molecule has 0 aromatic heterocycles. The number of hydrogen-bond donors (Lipinski definition) is 1. The van der Waals surface area contributed by atoms with Crippen LogP contribution in [0.1, 0.15) is 19.8 Å². The van der Waals surface area contributed by atoms with E-state index >= 15 is 0 Å². The van der Waals surface area contributed by atoms with Crippen molar-refractivity contribution < 1.29 is 9.60 Å². The van der Waals surface area contributed by atoms with E-state index in [2.05, 4.69) is 0 Å². The summed E-state index contributed by atoms with van der Waals surface area (Å²) in [6, 6.07) is 0. The van der Waals surface area contributed by atoms with Crippen LogP contribution in [0.3, 0.4) is 0 Å². The van der Waals surface area contributed by atoms with Crippen molar-refractivity contribution in [3.05, 3.63) is 11.5 Å². The Labute approximate surface area is 53.5 Å². The molecule has 0 radical (unpaired) electrons. The molecule has 2 nitrogen and oxygen atoms in total. The Morgan fingerprint density at radius 2 is 2.33 bits per heavy atom. The van der Waals surface area contributed by atoms with Gasteiger partial charge in [-0.25, -0.2) is 5.06 Å². The summed E-state index contributed by atoms with van der Waals surface area (Å²) in [4.78, 5) is 0. The zero-order valence-corrected chi connectivity index (χ0v) is 5.39. The summed E-state index contributed by atoms with van der Waals surface area (Å²) in [5.74, 6) is -0.471. The molecule has 9 heavy (non-hydrogen) atoms. The van der Waals surface area contributed by atoms with Crippen LogP contribution in [-0.2, 0) is 0 Å². The second kappa shape index (κ2) is 2.35. The van der Waals surface area contributed by atoms with Gasteiger partial charge in [0.05, 0.1) is 0 Å². The van der Waals surface area contributed by atoms with Gasteiger partial charge in [-0.3, -0.25) is 5.21 Å².